The number of rotatable bonds is 7. The molecule has 1 N–H and O–H groups in total. The van der Waals surface area contributed by atoms with E-state index in [-0.39, 0.29) is 10.9 Å². The number of sulfonamides is 1. The van der Waals surface area contributed by atoms with Crippen LogP contribution in [0.25, 0.3) is 22.4 Å². The van der Waals surface area contributed by atoms with Gasteiger partial charge in [0.15, 0.2) is 0 Å². The molecule has 9 heteroatoms. The van der Waals surface area contributed by atoms with Crippen LogP contribution in [0.1, 0.15) is 57.2 Å². The SMILES string of the molecule is CN(Cc1ccccc1)c1cnc2c(c1)c(C#N)c(-c1ccc(S(=O)(=O)NC(C)(C)C)cn1)n2C1CCC1. The lowest BCUT2D eigenvalue weighted by Crippen LogP contribution is -2.40. The van der Waals surface area contributed by atoms with Crippen LogP contribution >= 0.6 is 0 Å². The molecule has 0 atom stereocenters. The van der Waals surface area contributed by atoms with Crippen LogP contribution in [-0.2, 0) is 16.6 Å². The third-order valence-corrected chi connectivity index (χ3v) is 8.56. The van der Waals surface area contributed by atoms with E-state index in [1.807, 2.05) is 37.5 Å². The molecule has 3 aromatic heterocycles. The molecule has 0 aliphatic heterocycles. The van der Waals surface area contributed by atoms with Gasteiger partial charge in [0.25, 0.3) is 0 Å². The Hall–Kier alpha value is -3.74. The van der Waals surface area contributed by atoms with Crippen LogP contribution in [0.4, 0.5) is 5.69 Å². The van der Waals surface area contributed by atoms with Crippen LogP contribution in [0.15, 0.2) is 65.8 Å². The monoisotopic (exact) mass is 528 g/mol. The molecule has 196 valence electrons. The Morgan fingerprint density at radius 2 is 1.84 bits per heavy atom. The van der Waals surface area contributed by atoms with Gasteiger partial charge in [0.05, 0.1) is 28.8 Å². The van der Waals surface area contributed by atoms with Crippen molar-refractivity contribution >= 4 is 26.7 Å². The first-order valence-corrected chi connectivity index (χ1v) is 14.3. The van der Waals surface area contributed by atoms with E-state index in [2.05, 4.69) is 37.4 Å². The van der Waals surface area contributed by atoms with Gasteiger partial charge in [-0.2, -0.15) is 5.26 Å². The van der Waals surface area contributed by atoms with Crippen molar-refractivity contribution in [1.82, 2.24) is 19.3 Å². The van der Waals surface area contributed by atoms with Gasteiger partial charge < -0.3 is 9.47 Å². The molecule has 1 aromatic carbocycles. The summed E-state index contributed by atoms with van der Waals surface area (Å²) in [4.78, 5) is 11.6. The quantitative estimate of drug-likeness (QED) is 0.344. The van der Waals surface area contributed by atoms with Crippen molar-refractivity contribution in [3.63, 3.8) is 0 Å². The van der Waals surface area contributed by atoms with Crippen molar-refractivity contribution in [2.24, 2.45) is 0 Å². The lowest BCUT2D eigenvalue weighted by Gasteiger charge is -2.29. The first-order chi connectivity index (χ1) is 18.1. The van der Waals surface area contributed by atoms with Crippen molar-refractivity contribution in [2.75, 3.05) is 11.9 Å². The average Bonchev–Trinajstić information content (AvgIpc) is 3.15. The number of hydrogen-bond acceptors (Lipinski definition) is 6. The predicted octanol–water partition coefficient (Wildman–Crippen LogP) is 5.41. The Morgan fingerprint density at radius 1 is 1.11 bits per heavy atom. The number of nitriles is 1. The van der Waals surface area contributed by atoms with Gasteiger partial charge in [0.1, 0.15) is 16.6 Å². The van der Waals surface area contributed by atoms with Crippen molar-refractivity contribution in [3.8, 4) is 17.5 Å². The predicted molar refractivity (Wildman–Crippen MR) is 149 cm³/mol. The Labute approximate surface area is 224 Å². The molecule has 3 heterocycles. The van der Waals surface area contributed by atoms with Crippen molar-refractivity contribution < 1.29 is 8.42 Å². The fourth-order valence-electron chi connectivity index (χ4n) is 4.84. The molecule has 4 aromatic rings. The van der Waals surface area contributed by atoms with Crippen LogP contribution in [0, 0.1) is 11.3 Å². The minimum atomic E-state index is -3.72. The highest BCUT2D eigenvalue weighted by Crippen LogP contribution is 2.42. The minimum Gasteiger partial charge on any atom is -0.369 e. The van der Waals surface area contributed by atoms with Crippen molar-refractivity contribution in [1.29, 1.82) is 5.26 Å². The minimum absolute atomic E-state index is 0.0870. The van der Waals surface area contributed by atoms with E-state index >= 15 is 0 Å². The highest BCUT2D eigenvalue weighted by molar-refractivity contribution is 7.89. The number of pyridine rings is 2. The van der Waals surface area contributed by atoms with E-state index in [1.165, 1.54) is 11.8 Å². The Balaban J connectivity index is 1.58. The number of hydrogen-bond donors (Lipinski definition) is 1. The normalized spacial score (nSPS) is 14.3. The zero-order valence-electron chi connectivity index (χ0n) is 22.1. The summed E-state index contributed by atoms with van der Waals surface area (Å²) in [7, 11) is -1.71. The van der Waals surface area contributed by atoms with Gasteiger partial charge in [0.2, 0.25) is 10.0 Å². The third-order valence-electron chi connectivity index (χ3n) is 6.81. The summed E-state index contributed by atoms with van der Waals surface area (Å²) in [5, 5.41) is 11.1. The maximum absolute atomic E-state index is 12.8. The number of anilines is 1. The standard InChI is InChI=1S/C29H32N6O2S/c1-29(2,3)33-38(36,37)23-13-14-26(31-18-23)27-25(16-30)24-15-22(34(4)19-20-9-6-5-7-10-20)17-32-28(24)35(27)21-11-8-12-21/h5-7,9-10,13-15,17-18,21,33H,8,11-12,19H2,1-4H3. The first kappa shape index (κ1) is 25.9. The van der Waals surface area contributed by atoms with Crippen LogP contribution < -0.4 is 9.62 Å². The van der Waals surface area contributed by atoms with Crippen LogP contribution in [0.2, 0.25) is 0 Å². The summed E-state index contributed by atoms with van der Waals surface area (Å²) in [6, 6.07) is 18.1. The van der Waals surface area contributed by atoms with E-state index in [0.29, 0.717) is 23.5 Å². The van der Waals surface area contributed by atoms with E-state index < -0.39 is 15.6 Å². The van der Waals surface area contributed by atoms with E-state index in [0.717, 1.165) is 36.0 Å². The van der Waals surface area contributed by atoms with Gasteiger partial charge >= 0.3 is 0 Å². The summed E-state index contributed by atoms with van der Waals surface area (Å²) in [6.07, 6.45) is 6.33. The molecule has 5 rings (SSSR count). The molecule has 1 fully saturated rings. The van der Waals surface area contributed by atoms with Crippen molar-refractivity contribution in [3.05, 3.63) is 72.1 Å². The second-order valence-electron chi connectivity index (χ2n) is 10.9. The Morgan fingerprint density at radius 3 is 2.42 bits per heavy atom. The molecule has 0 amide bonds. The van der Waals surface area contributed by atoms with Crippen molar-refractivity contribution in [2.45, 2.75) is 63.1 Å². The lowest BCUT2D eigenvalue weighted by molar-refractivity contribution is 0.322. The van der Waals surface area contributed by atoms with Gasteiger partial charge in [-0.05, 0) is 63.8 Å². The molecule has 1 saturated carbocycles. The van der Waals surface area contributed by atoms with Gasteiger partial charge in [-0.1, -0.05) is 30.3 Å². The fraction of sp³-hybridized carbons (Fsp3) is 0.345. The molecule has 8 nitrogen and oxygen atoms in total. The van der Waals surface area contributed by atoms with Gasteiger partial charge in [-0.15, -0.1) is 0 Å². The molecule has 0 radical (unpaired) electrons. The van der Waals surface area contributed by atoms with Gasteiger partial charge in [-0.3, -0.25) is 4.98 Å². The van der Waals surface area contributed by atoms with Gasteiger partial charge in [0, 0.05) is 36.8 Å². The summed E-state index contributed by atoms with van der Waals surface area (Å²) >= 11 is 0. The summed E-state index contributed by atoms with van der Waals surface area (Å²) in [6.45, 7) is 6.09. The number of aromatic nitrogens is 3. The molecular weight excluding hydrogens is 496 g/mol. The molecule has 0 unspecified atom stereocenters. The maximum atomic E-state index is 12.8. The molecular formula is C29H32N6O2S. The molecule has 0 bridgehead atoms. The summed E-state index contributed by atoms with van der Waals surface area (Å²) in [5.41, 5.74) is 3.99. The molecule has 0 saturated heterocycles. The topological polar surface area (TPSA) is 104 Å². The van der Waals surface area contributed by atoms with Gasteiger partial charge in [-0.25, -0.2) is 18.1 Å². The summed E-state index contributed by atoms with van der Waals surface area (Å²) < 4.78 is 30.4. The highest BCUT2D eigenvalue weighted by atomic mass is 32.2. The molecule has 1 aliphatic carbocycles. The summed E-state index contributed by atoms with van der Waals surface area (Å²) in [5.74, 6) is 0. The number of nitrogens with zero attached hydrogens (tertiary/aromatic N) is 5. The number of nitrogens with one attached hydrogen (secondary N) is 1. The van der Waals surface area contributed by atoms with Crippen LogP contribution in [0.3, 0.4) is 0 Å². The third kappa shape index (κ3) is 5.02. The van der Waals surface area contributed by atoms with Crippen LogP contribution in [0.5, 0.6) is 0 Å². The highest BCUT2D eigenvalue weighted by Gasteiger charge is 2.30. The zero-order chi connectivity index (χ0) is 27.1. The Kier molecular flexibility index (Phi) is 6.72. The van der Waals surface area contributed by atoms with E-state index in [9.17, 15) is 13.7 Å². The largest absolute Gasteiger partial charge is 0.369 e. The second kappa shape index (κ2) is 9.86. The van der Waals surface area contributed by atoms with Crippen LogP contribution in [-0.4, -0.2) is 35.5 Å². The van der Waals surface area contributed by atoms with E-state index in [4.69, 9.17) is 4.98 Å². The fourth-order valence-corrected chi connectivity index (χ4v) is 6.20. The number of benzene rings is 1. The second-order valence-corrected chi connectivity index (χ2v) is 12.6. The van der Waals surface area contributed by atoms with E-state index in [1.54, 1.807) is 32.9 Å². The maximum Gasteiger partial charge on any atom is 0.242 e. The first-order valence-electron chi connectivity index (χ1n) is 12.8. The Bertz CT molecular complexity index is 1610. The smallest absolute Gasteiger partial charge is 0.242 e. The molecule has 1 aliphatic rings. The number of fused-ring (bicyclic) bond motifs is 1. The molecule has 0 spiro atoms. The lowest BCUT2D eigenvalue weighted by atomic mass is 9.92. The zero-order valence-corrected chi connectivity index (χ0v) is 23.0. The average molecular weight is 529 g/mol. The molecule has 38 heavy (non-hydrogen) atoms.